The fourth-order valence-electron chi connectivity index (χ4n) is 2.59. The molecule has 3 rings (SSSR count). The van der Waals surface area contributed by atoms with Crippen molar-refractivity contribution in [2.45, 2.75) is 19.3 Å². The van der Waals surface area contributed by atoms with Gasteiger partial charge in [0.05, 0.1) is 0 Å². The molecule has 2 heterocycles. The lowest BCUT2D eigenvalue weighted by atomic mass is 9.95. The van der Waals surface area contributed by atoms with Gasteiger partial charge in [-0.1, -0.05) is 24.3 Å². The summed E-state index contributed by atoms with van der Waals surface area (Å²) >= 11 is 0. The molecular formula is C15H16N2O. The highest BCUT2D eigenvalue weighted by Crippen LogP contribution is 2.31. The molecule has 3 heteroatoms. The number of nitrogens with one attached hydrogen (secondary N) is 1. The van der Waals surface area contributed by atoms with Gasteiger partial charge in [-0.2, -0.15) is 0 Å². The summed E-state index contributed by atoms with van der Waals surface area (Å²) in [5.41, 5.74) is 3.55. The minimum absolute atomic E-state index is 0.167. The highest BCUT2D eigenvalue weighted by molar-refractivity contribution is 5.85. The monoisotopic (exact) mass is 240 g/mol. The molecule has 2 aromatic rings. The Balaban J connectivity index is 2.07. The van der Waals surface area contributed by atoms with Crippen molar-refractivity contribution in [3.05, 3.63) is 47.8 Å². The molecule has 3 nitrogen and oxygen atoms in total. The van der Waals surface area contributed by atoms with Crippen molar-refractivity contribution < 1.29 is 4.79 Å². The van der Waals surface area contributed by atoms with Crippen LogP contribution in [0.5, 0.6) is 0 Å². The zero-order chi connectivity index (χ0) is 12.7. The van der Waals surface area contributed by atoms with Crippen LogP contribution in [0.4, 0.5) is 0 Å². The average Bonchev–Trinajstić information content (AvgIpc) is 2.71. The van der Waals surface area contributed by atoms with Crippen LogP contribution in [0.15, 0.2) is 36.5 Å². The molecule has 1 aromatic heterocycles. The maximum Gasteiger partial charge on any atom is 0.227 e. The quantitative estimate of drug-likeness (QED) is 0.817. The Morgan fingerprint density at radius 1 is 1.33 bits per heavy atom. The Kier molecular flexibility index (Phi) is 2.47. The lowest BCUT2D eigenvalue weighted by molar-refractivity contribution is -0.128. The van der Waals surface area contributed by atoms with E-state index in [1.54, 1.807) is 11.9 Å². The first-order chi connectivity index (χ1) is 8.66. The predicted octanol–water partition coefficient (Wildman–Crippen LogP) is 2.94. The zero-order valence-corrected chi connectivity index (χ0v) is 10.6. The molecule has 1 aromatic carbocycles. The SMILES string of the molecule is Cc1c(C2C=CN(C)C(=O)C2)[nH]c2ccccc12. The number of hydrogen-bond donors (Lipinski definition) is 1. The highest BCUT2D eigenvalue weighted by atomic mass is 16.2. The number of aromatic amines is 1. The van der Waals surface area contributed by atoms with Gasteiger partial charge in [0.15, 0.2) is 0 Å². The number of rotatable bonds is 1. The summed E-state index contributed by atoms with van der Waals surface area (Å²) in [7, 11) is 1.80. The van der Waals surface area contributed by atoms with Gasteiger partial charge >= 0.3 is 0 Å². The molecule has 1 aliphatic heterocycles. The Hall–Kier alpha value is -2.03. The van der Waals surface area contributed by atoms with Gasteiger partial charge < -0.3 is 9.88 Å². The minimum Gasteiger partial charge on any atom is -0.358 e. The van der Waals surface area contributed by atoms with Gasteiger partial charge in [-0.15, -0.1) is 0 Å². The standard InChI is InChI=1S/C15H16N2O/c1-10-12-5-3-4-6-13(12)16-15(10)11-7-8-17(2)14(18)9-11/h3-8,11,16H,9H2,1-2H3. The van der Waals surface area contributed by atoms with E-state index in [4.69, 9.17) is 0 Å². The summed E-state index contributed by atoms with van der Waals surface area (Å²) in [6, 6.07) is 8.26. The zero-order valence-electron chi connectivity index (χ0n) is 10.6. The van der Waals surface area contributed by atoms with E-state index in [2.05, 4.69) is 30.1 Å². The number of fused-ring (bicyclic) bond motifs is 1. The van der Waals surface area contributed by atoms with Crippen molar-refractivity contribution in [1.82, 2.24) is 9.88 Å². The Morgan fingerprint density at radius 3 is 2.83 bits per heavy atom. The van der Waals surface area contributed by atoms with Crippen molar-refractivity contribution in [3.8, 4) is 0 Å². The Morgan fingerprint density at radius 2 is 2.11 bits per heavy atom. The summed E-state index contributed by atoms with van der Waals surface area (Å²) < 4.78 is 0. The van der Waals surface area contributed by atoms with E-state index in [1.165, 1.54) is 10.9 Å². The highest BCUT2D eigenvalue weighted by Gasteiger charge is 2.23. The third-order valence-corrected chi connectivity index (χ3v) is 3.71. The smallest absolute Gasteiger partial charge is 0.227 e. The van der Waals surface area contributed by atoms with Crippen molar-refractivity contribution in [2.24, 2.45) is 0 Å². The van der Waals surface area contributed by atoms with Gasteiger partial charge in [0.1, 0.15) is 0 Å². The second-order valence-corrected chi connectivity index (χ2v) is 4.87. The number of carbonyl (C=O) groups is 1. The number of aryl methyl sites for hydroxylation is 1. The van der Waals surface area contributed by atoms with Gasteiger partial charge in [0, 0.05) is 42.2 Å². The van der Waals surface area contributed by atoms with E-state index < -0.39 is 0 Å². The number of allylic oxidation sites excluding steroid dienone is 1. The van der Waals surface area contributed by atoms with Crippen LogP contribution >= 0.6 is 0 Å². The molecule has 0 saturated carbocycles. The third kappa shape index (κ3) is 1.63. The van der Waals surface area contributed by atoms with Crippen LogP contribution in [0.3, 0.4) is 0 Å². The molecule has 18 heavy (non-hydrogen) atoms. The van der Waals surface area contributed by atoms with Gasteiger partial charge in [0.25, 0.3) is 0 Å². The van der Waals surface area contributed by atoms with Gasteiger partial charge in [-0.05, 0) is 18.6 Å². The van der Waals surface area contributed by atoms with E-state index >= 15 is 0 Å². The summed E-state index contributed by atoms with van der Waals surface area (Å²) in [4.78, 5) is 16.9. The number of aromatic nitrogens is 1. The normalized spacial score (nSPS) is 19.8. The van der Waals surface area contributed by atoms with Crippen LogP contribution in [-0.2, 0) is 4.79 Å². The van der Waals surface area contributed by atoms with E-state index in [9.17, 15) is 4.79 Å². The lowest BCUT2D eigenvalue weighted by Crippen LogP contribution is -2.26. The second-order valence-electron chi connectivity index (χ2n) is 4.87. The molecule has 0 spiro atoms. The first kappa shape index (κ1) is 11.1. The number of H-pyrrole nitrogens is 1. The summed E-state index contributed by atoms with van der Waals surface area (Å²) in [5.74, 6) is 0.335. The fraction of sp³-hybridized carbons (Fsp3) is 0.267. The molecule has 0 aliphatic carbocycles. The van der Waals surface area contributed by atoms with Crippen molar-refractivity contribution in [1.29, 1.82) is 0 Å². The number of amides is 1. The minimum atomic E-state index is 0.167. The molecule has 1 atom stereocenters. The van der Waals surface area contributed by atoms with Crippen molar-refractivity contribution in [3.63, 3.8) is 0 Å². The van der Waals surface area contributed by atoms with Crippen LogP contribution in [0.25, 0.3) is 10.9 Å². The van der Waals surface area contributed by atoms with Gasteiger partial charge in [-0.3, -0.25) is 4.79 Å². The first-order valence-electron chi connectivity index (χ1n) is 6.18. The molecule has 0 fully saturated rings. The first-order valence-corrected chi connectivity index (χ1v) is 6.18. The van der Waals surface area contributed by atoms with Gasteiger partial charge in [0.2, 0.25) is 5.91 Å². The van der Waals surface area contributed by atoms with Gasteiger partial charge in [-0.25, -0.2) is 0 Å². The maximum absolute atomic E-state index is 11.8. The second kappa shape index (κ2) is 4.02. The number of nitrogens with zero attached hydrogens (tertiary/aromatic N) is 1. The molecule has 0 radical (unpaired) electrons. The van der Waals surface area contributed by atoms with Crippen LogP contribution in [0, 0.1) is 6.92 Å². The molecule has 0 saturated heterocycles. The molecule has 1 unspecified atom stereocenters. The molecule has 0 bridgehead atoms. The maximum atomic E-state index is 11.8. The topological polar surface area (TPSA) is 36.1 Å². The van der Waals surface area contributed by atoms with E-state index in [0.717, 1.165) is 11.2 Å². The Labute approximate surface area is 106 Å². The van der Waals surface area contributed by atoms with Crippen LogP contribution < -0.4 is 0 Å². The van der Waals surface area contributed by atoms with E-state index in [0.29, 0.717) is 6.42 Å². The van der Waals surface area contributed by atoms with Crippen LogP contribution in [0.2, 0.25) is 0 Å². The van der Waals surface area contributed by atoms with E-state index in [-0.39, 0.29) is 11.8 Å². The van der Waals surface area contributed by atoms with Crippen molar-refractivity contribution in [2.75, 3.05) is 7.05 Å². The number of hydrogen-bond acceptors (Lipinski definition) is 1. The van der Waals surface area contributed by atoms with Crippen molar-refractivity contribution >= 4 is 16.8 Å². The summed E-state index contributed by atoms with van der Waals surface area (Å²) in [5, 5.41) is 1.24. The average molecular weight is 240 g/mol. The Bertz CT molecular complexity index is 639. The number of carbonyl (C=O) groups excluding carboxylic acids is 1. The number of benzene rings is 1. The lowest BCUT2D eigenvalue weighted by Gasteiger charge is -2.22. The van der Waals surface area contributed by atoms with E-state index in [1.807, 2.05) is 18.3 Å². The van der Waals surface area contributed by atoms with Crippen LogP contribution in [-0.4, -0.2) is 22.8 Å². The summed E-state index contributed by atoms with van der Waals surface area (Å²) in [6.45, 7) is 2.12. The predicted molar refractivity (Wildman–Crippen MR) is 72.3 cm³/mol. The molecular weight excluding hydrogens is 224 g/mol. The number of para-hydroxylation sites is 1. The molecule has 92 valence electrons. The molecule has 1 amide bonds. The molecule has 1 aliphatic rings. The third-order valence-electron chi connectivity index (χ3n) is 3.71. The largest absolute Gasteiger partial charge is 0.358 e. The fourth-order valence-corrected chi connectivity index (χ4v) is 2.59. The van der Waals surface area contributed by atoms with Crippen LogP contribution in [0.1, 0.15) is 23.6 Å². The summed E-state index contributed by atoms with van der Waals surface area (Å²) in [6.07, 6.45) is 4.50. The molecule has 1 N–H and O–H groups in total.